The first-order valence-electron chi connectivity index (χ1n) is 6.85. The van der Waals surface area contributed by atoms with Crippen molar-refractivity contribution in [1.29, 1.82) is 0 Å². The highest BCUT2D eigenvalue weighted by Gasteiger charge is 2.26. The highest BCUT2D eigenvalue weighted by Crippen LogP contribution is 2.15. The maximum absolute atomic E-state index is 12.1. The van der Waals surface area contributed by atoms with Crippen molar-refractivity contribution in [2.24, 2.45) is 5.92 Å². The Morgan fingerprint density at radius 2 is 2.14 bits per heavy atom. The van der Waals surface area contributed by atoms with Gasteiger partial charge in [0.2, 0.25) is 11.8 Å². The first-order chi connectivity index (χ1) is 9.95. The van der Waals surface area contributed by atoms with Gasteiger partial charge >= 0.3 is 0 Å². The van der Waals surface area contributed by atoms with E-state index in [1.54, 1.807) is 36.2 Å². The molecule has 1 aliphatic rings. The Morgan fingerprint density at radius 3 is 2.76 bits per heavy atom. The van der Waals surface area contributed by atoms with E-state index in [0.717, 1.165) is 0 Å². The van der Waals surface area contributed by atoms with Crippen LogP contribution in [-0.2, 0) is 9.59 Å². The number of hydrogen-bond donors (Lipinski definition) is 2. The predicted octanol–water partition coefficient (Wildman–Crippen LogP) is 0.853. The number of likely N-dealkylation sites (tertiary alicyclic amines) is 1. The van der Waals surface area contributed by atoms with Gasteiger partial charge in [-0.2, -0.15) is 0 Å². The standard InChI is InChI=1S/C15H19N3O3/c1-10(19)17-13-5-3-4-12(7-13)15(21)16-8-11-6-14(20)18(2)9-11/h3-5,7,11H,6,8-9H2,1-2H3,(H,16,21)(H,17,19). The maximum atomic E-state index is 12.1. The normalized spacial score (nSPS) is 17.7. The second-order valence-electron chi connectivity index (χ2n) is 5.32. The van der Waals surface area contributed by atoms with Crippen LogP contribution in [0.4, 0.5) is 5.69 Å². The third kappa shape index (κ3) is 4.05. The van der Waals surface area contributed by atoms with Crippen molar-refractivity contribution >= 4 is 23.4 Å². The third-order valence-corrected chi connectivity index (χ3v) is 3.42. The van der Waals surface area contributed by atoms with Crippen molar-refractivity contribution in [3.05, 3.63) is 29.8 Å². The average Bonchev–Trinajstić information content (AvgIpc) is 2.75. The van der Waals surface area contributed by atoms with Gasteiger partial charge in [0.05, 0.1) is 0 Å². The van der Waals surface area contributed by atoms with Crippen molar-refractivity contribution in [3.8, 4) is 0 Å². The van der Waals surface area contributed by atoms with E-state index in [1.807, 2.05) is 0 Å². The van der Waals surface area contributed by atoms with Crippen molar-refractivity contribution < 1.29 is 14.4 Å². The van der Waals surface area contributed by atoms with E-state index in [9.17, 15) is 14.4 Å². The van der Waals surface area contributed by atoms with Gasteiger partial charge in [0, 0.05) is 50.7 Å². The van der Waals surface area contributed by atoms with Gasteiger partial charge in [-0.1, -0.05) is 6.07 Å². The quantitative estimate of drug-likeness (QED) is 0.862. The molecule has 0 saturated carbocycles. The summed E-state index contributed by atoms with van der Waals surface area (Å²) in [4.78, 5) is 36.2. The molecule has 2 rings (SSSR count). The van der Waals surface area contributed by atoms with Crippen LogP contribution in [0.15, 0.2) is 24.3 Å². The summed E-state index contributed by atoms with van der Waals surface area (Å²) in [5.41, 5.74) is 1.07. The predicted molar refractivity (Wildman–Crippen MR) is 78.8 cm³/mol. The molecule has 1 fully saturated rings. The number of carbonyl (C=O) groups excluding carboxylic acids is 3. The number of anilines is 1. The number of hydrogen-bond acceptors (Lipinski definition) is 3. The van der Waals surface area contributed by atoms with E-state index in [4.69, 9.17) is 0 Å². The highest BCUT2D eigenvalue weighted by molar-refractivity contribution is 5.96. The molecule has 0 aliphatic carbocycles. The van der Waals surface area contributed by atoms with Crippen LogP contribution < -0.4 is 10.6 Å². The SMILES string of the molecule is CC(=O)Nc1cccc(C(=O)NCC2CC(=O)N(C)C2)c1. The van der Waals surface area contributed by atoms with Crippen molar-refractivity contribution in [3.63, 3.8) is 0 Å². The number of nitrogens with one attached hydrogen (secondary N) is 2. The van der Waals surface area contributed by atoms with Gasteiger partial charge in [0.1, 0.15) is 0 Å². The Balaban J connectivity index is 1.91. The van der Waals surface area contributed by atoms with Crippen molar-refractivity contribution in [2.45, 2.75) is 13.3 Å². The molecule has 6 heteroatoms. The Bertz CT molecular complexity index is 571. The monoisotopic (exact) mass is 289 g/mol. The summed E-state index contributed by atoms with van der Waals surface area (Å²) in [6.45, 7) is 2.56. The van der Waals surface area contributed by atoms with E-state index in [0.29, 0.717) is 30.8 Å². The smallest absolute Gasteiger partial charge is 0.251 e. The van der Waals surface area contributed by atoms with Crippen LogP contribution in [0.1, 0.15) is 23.7 Å². The lowest BCUT2D eigenvalue weighted by atomic mass is 10.1. The fourth-order valence-electron chi connectivity index (χ4n) is 2.37. The van der Waals surface area contributed by atoms with Crippen LogP contribution in [-0.4, -0.2) is 42.8 Å². The lowest BCUT2D eigenvalue weighted by molar-refractivity contribution is -0.126. The first-order valence-corrected chi connectivity index (χ1v) is 6.85. The van der Waals surface area contributed by atoms with E-state index in [2.05, 4.69) is 10.6 Å². The fourth-order valence-corrected chi connectivity index (χ4v) is 2.37. The van der Waals surface area contributed by atoms with Gasteiger partial charge in [-0.25, -0.2) is 0 Å². The Hall–Kier alpha value is -2.37. The molecule has 3 amide bonds. The van der Waals surface area contributed by atoms with Crippen LogP contribution in [0, 0.1) is 5.92 Å². The molecular weight excluding hydrogens is 270 g/mol. The van der Waals surface area contributed by atoms with Gasteiger partial charge in [0.15, 0.2) is 0 Å². The molecule has 0 radical (unpaired) electrons. The van der Waals surface area contributed by atoms with Crippen LogP contribution >= 0.6 is 0 Å². The van der Waals surface area contributed by atoms with Crippen LogP contribution in [0.3, 0.4) is 0 Å². The summed E-state index contributed by atoms with van der Waals surface area (Å²) in [5, 5.41) is 5.47. The van der Waals surface area contributed by atoms with Crippen molar-refractivity contribution in [1.82, 2.24) is 10.2 Å². The number of rotatable bonds is 4. The molecule has 1 aromatic rings. The molecule has 2 N–H and O–H groups in total. The molecule has 6 nitrogen and oxygen atoms in total. The number of carbonyl (C=O) groups is 3. The molecule has 112 valence electrons. The molecule has 1 saturated heterocycles. The van der Waals surface area contributed by atoms with E-state index in [1.165, 1.54) is 6.92 Å². The molecule has 1 aliphatic heterocycles. The lowest BCUT2D eigenvalue weighted by Crippen LogP contribution is -2.30. The molecule has 21 heavy (non-hydrogen) atoms. The molecule has 0 spiro atoms. The number of benzene rings is 1. The molecule has 1 atom stereocenters. The van der Waals surface area contributed by atoms with Crippen LogP contribution in [0.2, 0.25) is 0 Å². The highest BCUT2D eigenvalue weighted by atomic mass is 16.2. The van der Waals surface area contributed by atoms with Gasteiger partial charge in [-0.3, -0.25) is 14.4 Å². The Labute approximate surface area is 123 Å². The first kappa shape index (κ1) is 15.0. The topological polar surface area (TPSA) is 78.5 Å². The Kier molecular flexibility index (Phi) is 4.57. The molecule has 1 heterocycles. The van der Waals surface area contributed by atoms with Gasteiger partial charge in [0.25, 0.3) is 5.91 Å². The third-order valence-electron chi connectivity index (χ3n) is 3.42. The van der Waals surface area contributed by atoms with E-state index < -0.39 is 0 Å². The van der Waals surface area contributed by atoms with Crippen LogP contribution in [0.5, 0.6) is 0 Å². The zero-order valence-corrected chi connectivity index (χ0v) is 12.2. The molecule has 0 bridgehead atoms. The molecular formula is C15H19N3O3. The summed E-state index contributed by atoms with van der Waals surface area (Å²) < 4.78 is 0. The molecule has 1 aromatic carbocycles. The number of amides is 3. The van der Waals surface area contributed by atoms with Gasteiger partial charge in [-0.15, -0.1) is 0 Å². The average molecular weight is 289 g/mol. The van der Waals surface area contributed by atoms with Crippen LogP contribution in [0.25, 0.3) is 0 Å². The van der Waals surface area contributed by atoms with E-state index in [-0.39, 0.29) is 23.6 Å². The minimum absolute atomic E-state index is 0.113. The molecule has 0 aromatic heterocycles. The minimum Gasteiger partial charge on any atom is -0.352 e. The second-order valence-corrected chi connectivity index (χ2v) is 5.32. The summed E-state index contributed by atoms with van der Waals surface area (Å²) in [6, 6.07) is 6.76. The van der Waals surface area contributed by atoms with Crippen molar-refractivity contribution in [2.75, 3.05) is 25.5 Å². The Morgan fingerprint density at radius 1 is 1.38 bits per heavy atom. The summed E-state index contributed by atoms with van der Waals surface area (Å²) in [5.74, 6) is -0.115. The maximum Gasteiger partial charge on any atom is 0.251 e. The second kappa shape index (κ2) is 6.39. The summed E-state index contributed by atoms with van der Waals surface area (Å²) in [7, 11) is 1.76. The number of nitrogens with zero attached hydrogens (tertiary/aromatic N) is 1. The zero-order chi connectivity index (χ0) is 15.4. The molecule has 1 unspecified atom stereocenters. The van der Waals surface area contributed by atoms with Gasteiger partial charge < -0.3 is 15.5 Å². The lowest BCUT2D eigenvalue weighted by Gasteiger charge is -2.12. The summed E-state index contributed by atoms with van der Waals surface area (Å²) in [6.07, 6.45) is 0.475. The fraction of sp³-hybridized carbons (Fsp3) is 0.400. The summed E-state index contributed by atoms with van der Waals surface area (Å²) >= 11 is 0. The van der Waals surface area contributed by atoms with E-state index >= 15 is 0 Å². The largest absolute Gasteiger partial charge is 0.352 e. The zero-order valence-electron chi connectivity index (χ0n) is 12.2. The van der Waals surface area contributed by atoms with Gasteiger partial charge in [-0.05, 0) is 18.2 Å². The minimum atomic E-state index is -0.204.